The van der Waals surface area contributed by atoms with E-state index in [0.29, 0.717) is 56.2 Å². The first-order valence-electron chi connectivity index (χ1n) is 15.6. The van der Waals surface area contributed by atoms with Crippen LogP contribution in [0, 0.1) is 12.8 Å². The molecule has 0 fully saturated rings. The van der Waals surface area contributed by atoms with E-state index >= 15 is 0 Å². The summed E-state index contributed by atoms with van der Waals surface area (Å²) in [6, 6.07) is 18.8. The van der Waals surface area contributed by atoms with Crippen LogP contribution in [0.15, 0.2) is 66.0 Å². The smallest absolute Gasteiger partial charge is 0.273 e. The molecule has 11 heteroatoms. The molecule has 4 aromatic rings. The topological polar surface area (TPSA) is 122 Å². The van der Waals surface area contributed by atoms with Crippen LogP contribution in [-0.2, 0) is 29.0 Å². The van der Waals surface area contributed by atoms with Crippen LogP contribution in [0.5, 0.6) is 0 Å². The van der Waals surface area contributed by atoms with Gasteiger partial charge in [-0.05, 0) is 36.8 Å². The molecule has 5 rings (SSSR count). The van der Waals surface area contributed by atoms with Crippen molar-refractivity contribution in [3.05, 3.63) is 99.5 Å². The third kappa shape index (κ3) is 8.42. The van der Waals surface area contributed by atoms with Crippen molar-refractivity contribution in [1.29, 1.82) is 0 Å². The monoisotopic (exact) mass is 627 g/mol. The molecule has 0 bridgehead atoms. The second kappa shape index (κ2) is 15.1. The lowest BCUT2D eigenvalue weighted by molar-refractivity contribution is -0.130. The molecule has 3 amide bonds. The fourth-order valence-corrected chi connectivity index (χ4v) is 6.35. The first kappa shape index (κ1) is 32.0. The average molecular weight is 628 g/mol. The molecule has 2 aromatic heterocycles. The summed E-state index contributed by atoms with van der Waals surface area (Å²) in [4.78, 5) is 51.8. The zero-order valence-corrected chi connectivity index (χ0v) is 26.9. The molecule has 1 aliphatic heterocycles. The number of carbonyl (C=O) groups is 3. The average Bonchev–Trinajstić information content (AvgIpc) is 3.67. The summed E-state index contributed by atoms with van der Waals surface area (Å²) in [5.74, 6) is 0.486. The van der Waals surface area contributed by atoms with E-state index in [9.17, 15) is 14.4 Å². The van der Waals surface area contributed by atoms with E-state index in [4.69, 9.17) is 4.98 Å². The Hall–Kier alpha value is -4.38. The Balaban J connectivity index is 1.43. The Labute approximate surface area is 268 Å². The molecule has 3 heterocycles. The molecule has 1 aliphatic rings. The van der Waals surface area contributed by atoms with E-state index in [1.165, 1.54) is 11.3 Å². The van der Waals surface area contributed by atoms with Crippen molar-refractivity contribution in [3.63, 3.8) is 0 Å². The first-order valence-corrected chi connectivity index (χ1v) is 16.5. The summed E-state index contributed by atoms with van der Waals surface area (Å²) in [6.45, 7) is 6.89. The van der Waals surface area contributed by atoms with Crippen molar-refractivity contribution in [2.75, 3.05) is 13.1 Å². The second-order valence-electron chi connectivity index (χ2n) is 11.6. The maximum absolute atomic E-state index is 13.8. The Bertz CT molecular complexity index is 1590. The summed E-state index contributed by atoms with van der Waals surface area (Å²) >= 11 is 1.47. The first-order chi connectivity index (χ1) is 21.8. The van der Waals surface area contributed by atoms with Gasteiger partial charge < -0.3 is 15.5 Å². The summed E-state index contributed by atoms with van der Waals surface area (Å²) in [5, 5.41) is 13.5. The summed E-state index contributed by atoms with van der Waals surface area (Å²) in [7, 11) is 0. The third-order valence-corrected chi connectivity index (χ3v) is 9.05. The molecule has 0 saturated carbocycles. The fraction of sp³-hybridized carbons (Fsp3) is 0.412. The molecule has 3 atom stereocenters. The number of benzene rings is 2. The Morgan fingerprint density at radius 2 is 1.69 bits per heavy atom. The fourth-order valence-electron chi connectivity index (χ4n) is 5.54. The van der Waals surface area contributed by atoms with Gasteiger partial charge in [0, 0.05) is 31.3 Å². The standard InChI is InChI=1S/C34H41N7O3S/c1-4-23(2)31-33(43)37-27(20-25-12-7-5-8-13-25)32-35-24(3)39-41(32)19-18-40(17-11-16-29(42)38-31)34(44)28-22-45-30(36-28)21-26-14-9-6-10-15-26/h5-10,12-15,22-23,27,31H,4,11,16-21H2,1-3H3,(H,37,43)(H,38,42)/t23-,27-,31-/m0/s1. The lowest BCUT2D eigenvalue weighted by Crippen LogP contribution is -2.51. The second-order valence-corrected chi connectivity index (χ2v) is 12.5. The van der Waals surface area contributed by atoms with Crippen LogP contribution in [0.4, 0.5) is 0 Å². The molecule has 2 N–H and O–H groups in total. The van der Waals surface area contributed by atoms with Crippen LogP contribution >= 0.6 is 11.3 Å². The van der Waals surface area contributed by atoms with Gasteiger partial charge in [0.05, 0.1) is 17.6 Å². The van der Waals surface area contributed by atoms with Gasteiger partial charge in [0.2, 0.25) is 11.8 Å². The number of aryl methyl sites for hydroxylation is 1. The number of hydrogen-bond acceptors (Lipinski definition) is 7. The van der Waals surface area contributed by atoms with Gasteiger partial charge >= 0.3 is 0 Å². The molecule has 0 unspecified atom stereocenters. The molecular weight excluding hydrogens is 586 g/mol. The summed E-state index contributed by atoms with van der Waals surface area (Å²) < 4.78 is 1.80. The predicted octanol–water partition coefficient (Wildman–Crippen LogP) is 4.50. The highest BCUT2D eigenvalue weighted by Crippen LogP contribution is 2.21. The molecule has 0 radical (unpaired) electrons. The van der Waals surface area contributed by atoms with Crippen LogP contribution in [0.1, 0.15) is 77.4 Å². The molecular formula is C34H41N7O3S. The summed E-state index contributed by atoms with van der Waals surface area (Å²) in [5.41, 5.74) is 2.57. The number of nitrogens with zero attached hydrogens (tertiary/aromatic N) is 5. The van der Waals surface area contributed by atoms with Crippen LogP contribution < -0.4 is 10.6 Å². The normalized spacial score (nSPS) is 18.8. The Morgan fingerprint density at radius 3 is 2.40 bits per heavy atom. The minimum absolute atomic E-state index is 0.0772. The van der Waals surface area contributed by atoms with Gasteiger partial charge in [-0.2, -0.15) is 5.10 Å². The van der Waals surface area contributed by atoms with Crippen LogP contribution in [-0.4, -0.2) is 61.5 Å². The lowest BCUT2D eigenvalue weighted by atomic mass is 9.97. The van der Waals surface area contributed by atoms with E-state index in [0.717, 1.165) is 22.6 Å². The van der Waals surface area contributed by atoms with E-state index < -0.39 is 12.1 Å². The van der Waals surface area contributed by atoms with E-state index in [2.05, 4.69) is 20.7 Å². The van der Waals surface area contributed by atoms with Crippen molar-refractivity contribution >= 4 is 29.1 Å². The van der Waals surface area contributed by atoms with Crippen LogP contribution in [0.2, 0.25) is 0 Å². The minimum Gasteiger partial charge on any atom is -0.344 e. The van der Waals surface area contributed by atoms with Gasteiger partial charge in [-0.25, -0.2) is 14.6 Å². The molecule has 45 heavy (non-hydrogen) atoms. The Morgan fingerprint density at radius 1 is 0.978 bits per heavy atom. The molecule has 10 nitrogen and oxygen atoms in total. The highest BCUT2D eigenvalue weighted by atomic mass is 32.1. The number of nitrogens with one attached hydrogen (secondary N) is 2. The highest BCUT2D eigenvalue weighted by Gasteiger charge is 2.31. The van der Waals surface area contributed by atoms with E-state index in [-0.39, 0.29) is 30.1 Å². The van der Waals surface area contributed by atoms with Crippen molar-refractivity contribution in [2.45, 2.75) is 71.5 Å². The predicted molar refractivity (Wildman–Crippen MR) is 174 cm³/mol. The number of amides is 3. The van der Waals surface area contributed by atoms with Crippen LogP contribution in [0.25, 0.3) is 0 Å². The molecule has 0 aliphatic carbocycles. The van der Waals surface area contributed by atoms with Crippen molar-refractivity contribution < 1.29 is 14.4 Å². The van der Waals surface area contributed by atoms with Crippen molar-refractivity contribution in [3.8, 4) is 0 Å². The third-order valence-electron chi connectivity index (χ3n) is 8.20. The number of carbonyl (C=O) groups excluding carboxylic acids is 3. The maximum atomic E-state index is 13.8. The number of aromatic nitrogens is 4. The molecule has 236 valence electrons. The van der Waals surface area contributed by atoms with Crippen molar-refractivity contribution in [1.82, 2.24) is 35.3 Å². The van der Waals surface area contributed by atoms with Gasteiger partial charge in [-0.1, -0.05) is 80.9 Å². The maximum Gasteiger partial charge on any atom is 0.273 e. The Kier molecular flexibility index (Phi) is 10.7. The number of thiazole rings is 1. The SMILES string of the molecule is CC[C@H](C)[C@@H]1NC(=O)CCCN(C(=O)c2csc(Cc3ccccc3)n2)CCn2nc(C)nc2[C@H](Cc2ccccc2)NC1=O. The zero-order valence-electron chi connectivity index (χ0n) is 26.1. The minimum atomic E-state index is -0.697. The van der Waals surface area contributed by atoms with Crippen molar-refractivity contribution in [2.24, 2.45) is 5.92 Å². The number of fused-ring (bicyclic) bond motifs is 1. The lowest BCUT2D eigenvalue weighted by Gasteiger charge is -2.28. The van der Waals surface area contributed by atoms with Gasteiger partial charge in [0.1, 0.15) is 23.4 Å². The quantitative estimate of drug-likeness (QED) is 0.311. The largest absolute Gasteiger partial charge is 0.344 e. The van der Waals surface area contributed by atoms with Gasteiger partial charge in [0.15, 0.2) is 0 Å². The highest BCUT2D eigenvalue weighted by molar-refractivity contribution is 7.09. The zero-order chi connectivity index (χ0) is 31.8. The molecule has 2 aromatic carbocycles. The molecule has 0 saturated heterocycles. The molecule has 0 spiro atoms. The number of hydrogen-bond donors (Lipinski definition) is 2. The van der Waals surface area contributed by atoms with Gasteiger partial charge in [-0.15, -0.1) is 11.3 Å². The van der Waals surface area contributed by atoms with E-state index in [1.54, 1.807) is 9.58 Å². The van der Waals surface area contributed by atoms with E-state index in [1.807, 2.05) is 86.8 Å². The van der Waals surface area contributed by atoms with Gasteiger partial charge in [0.25, 0.3) is 5.91 Å². The van der Waals surface area contributed by atoms with Gasteiger partial charge in [-0.3, -0.25) is 14.4 Å². The number of rotatable bonds is 7. The van der Waals surface area contributed by atoms with Crippen LogP contribution in [0.3, 0.4) is 0 Å². The summed E-state index contributed by atoms with van der Waals surface area (Å²) in [6.07, 6.45) is 2.53.